The van der Waals surface area contributed by atoms with Gasteiger partial charge in [-0.1, -0.05) is 47.3 Å². The second-order valence-corrected chi connectivity index (χ2v) is 7.20. The molecule has 3 nitrogen and oxygen atoms in total. The fourth-order valence-corrected chi connectivity index (χ4v) is 3.57. The number of amides is 1. The Morgan fingerprint density at radius 2 is 1.91 bits per heavy atom. The molecule has 1 fully saturated rings. The van der Waals surface area contributed by atoms with Gasteiger partial charge in [0.25, 0.3) is 0 Å². The molecule has 0 saturated heterocycles. The Balaban J connectivity index is 2.00. The van der Waals surface area contributed by atoms with Crippen LogP contribution in [-0.2, 0) is 16.0 Å². The molecule has 1 aliphatic rings. The van der Waals surface area contributed by atoms with Crippen LogP contribution in [0.1, 0.15) is 50.5 Å². The van der Waals surface area contributed by atoms with E-state index in [0.29, 0.717) is 13.0 Å². The maximum Gasteiger partial charge on any atom is 0.220 e. The first-order valence-electron chi connectivity index (χ1n) is 8.18. The van der Waals surface area contributed by atoms with Crippen LogP contribution in [-0.4, -0.2) is 25.2 Å². The van der Waals surface area contributed by atoms with Gasteiger partial charge in [0.2, 0.25) is 5.91 Å². The number of benzene rings is 1. The van der Waals surface area contributed by atoms with E-state index in [1.165, 1.54) is 24.8 Å². The lowest BCUT2D eigenvalue weighted by Crippen LogP contribution is -2.51. The number of nitrogens with one attached hydrogen (secondary N) is 1. The summed E-state index contributed by atoms with van der Waals surface area (Å²) in [6, 6.07) is 8.45. The predicted octanol–water partition coefficient (Wildman–Crippen LogP) is 4.24. The van der Waals surface area contributed by atoms with Crippen molar-refractivity contribution in [1.82, 2.24) is 5.32 Å². The Hall–Kier alpha value is -0.870. The SMILES string of the molecule is COCCCC(=O)NC1(Cc2ccc(Br)cc2)CCCCC1. The molecule has 1 aromatic rings. The molecule has 122 valence electrons. The molecule has 0 unspecified atom stereocenters. The zero-order valence-electron chi connectivity index (χ0n) is 13.4. The van der Waals surface area contributed by atoms with Crippen LogP contribution in [0.4, 0.5) is 0 Å². The second kappa shape index (κ2) is 8.68. The summed E-state index contributed by atoms with van der Waals surface area (Å²) in [6.45, 7) is 0.646. The topological polar surface area (TPSA) is 38.3 Å². The average molecular weight is 368 g/mol. The quantitative estimate of drug-likeness (QED) is 0.732. The fourth-order valence-electron chi connectivity index (χ4n) is 3.30. The summed E-state index contributed by atoms with van der Waals surface area (Å²) < 4.78 is 6.12. The van der Waals surface area contributed by atoms with Gasteiger partial charge in [-0.25, -0.2) is 0 Å². The number of ether oxygens (including phenoxy) is 1. The highest BCUT2D eigenvalue weighted by Gasteiger charge is 2.33. The Kier molecular flexibility index (Phi) is 6.90. The molecule has 0 atom stereocenters. The summed E-state index contributed by atoms with van der Waals surface area (Å²) in [6.07, 6.45) is 8.12. The van der Waals surface area contributed by atoms with Crippen molar-refractivity contribution in [3.8, 4) is 0 Å². The van der Waals surface area contributed by atoms with Gasteiger partial charge in [0.05, 0.1) is 0 Å². The maximum absolute atomic E-state index is 12.3. The van der Waals surface area contributed by atoms with Crippen LogP contribution in [0.5, 0.6) is 0 Å². The van der Waals surface area contributed by atoms with Crippen molar-refractivity contribution in [2.45, 2.75) is 56.9 Å². The fraction of sp³-hybridized carbons (Fsp3) is 0.611. The molecule has 1 aliphatic carbocycles. The third-order valence-electron chi connectivity index (χ3n) is 4.42. The Morgan fingerprint density at radius 1 is 1.23 bits per heavy atom. The van der Waals surface area contributed by atoms with E-state index in [2.05, 4.69) is 45.5 Å². The number of carbonyl (C=O) groups is 1. The Bertz CT molecular complexity index is 466. The first-order chi connectivity index (χ1) is 10.6. The third-order valence-corrected chi connectivity index (χ3v) is 4.95. The maximum atomic E-state index is 12.3. The molecule has 0 aliphatic heterocycles. The van der Waals surface area contributed by atoms with E-state index in [-0.39, 0.29) is 11.4 Å². The highest BCUT2D eigenvalue weighted by atomic mass is 79.9. The van der Waals surface area contributed by atoms with Gasteiger partial charge in [-0.05, 0) is 43.4 Å². The van der Waals surface area contributed by atoms with E-state index in [1.807, 2.05) is 0 Å². The highest BCUT2D eigenvalue weighted by Crippen LogP contribution is 2.32. The number of carbonyl (C=O) groups excluding carboxylic acids is 1. The minimum Gasteiger partial charge on any atom is -0.385 e. The monoisotopic (exact) mass is 367 g/mol. The lowest BCUT2D eigenvalue weighted by molar-refractivity contribution is -0.123. The van der Waals surface area contributed by atoms with Gasteiger partial charge in [0.1, 0.15) is 0 Å². The van der Waals surface area contributed by atoms with E-state index in [9.17, 15) is 4.79 Å². The minimum absolute atomic E-state index is 0.0593. The van der Waals surface area contributed by atoms with Crippen LogP contribution < -0.4 is 5.32 Å². The zero-order chi connectivity index (χ0) is 15.8. The van der Waals surface area contributed by atoms with E-state index < -0.39 is 0 Å². The summed E-state index contributed by atoms with van der Waals surface area (Å²) in [7, 11) is 1.67. The molecule has 1 N–H and O–H groups in total. The molecule has 1 saturated carbocycles. The van der Waals surface area contributed by atoms with Gasteiger partial charge in [-0.3, -0.25) is 4.79 Å². The largest absolute Gasteiger partial charge is 0.385 e. The smallest absolute Gasteiger partial charge is 0.220 e. The van der Waals surface area contributed by atoms with E-state index in [1.54, 1.807) is 7.11 Å². The zero-order valence-corrected chi connectivity index (χ0v) is 15.0. The highest BCUT2D eigenvalue weighted by molar-refractivity contribution is 9.10. The lowest BCUT2D eigenvalue weighted by atomic mass is 9.77. The van der Waals surface area contributed by atoms with Gasteiger partial charge in [-0.2, -0.15) is 0 Å². The van der Waals surface area contributed by atoms with Crippen molar-refractivity contribution in [3.05, 3.63) is 34.3 Å². The molecule has 0 bridgehead atoms. The number of methoxy groups -OCH3 is 1. The molecule has 1 amide bonds. The molecule has 0 aromatic heterocycles. The molecule has 2 rings (SSSR count). The Morgan fingerprint density at radius 3 is 2.55 bits per heavy atom. The normalized spacial score (nSPS) is 17.2. The molecule has 0 radical (unpaired) electrons. The number of hydrogen-bond acceptors (Lipinski definition) is 2. The summed E-state index contributed by atoms with van der Waals surface area (Å²) in [5.41, 5.74) is 1.23. The van der Waals surface area contributed by atoms with Crippen molar-refractivity contribution < 1.29 is 9.53 Å². The van der Waals surface area contributed by atoms with Crippen LogP contribution in [0.3, 0.4) is 0 Å². The molecular formula is C18H26BrNO2. The van der Waals surface area contributed by atoms with Crippen molar-refractivity contribution in [2.75, 3.05) is 13.7 Å². The first-order valence-corrected chi connectivity index (χ1v) is 8.97. The summed E-state index contributed by atoms with van der Waals surface area (Å²) in [5.74, 6) is 0.163. The predicted molar refractivity (Wildman–Crippen MR) is 92.9 cm³/mol. The van der Waals surface area contributed by atoms with Crippen LogP contribution in [0.15, 0.2) is 28.7 Å². The average Bonchev–Trinajstić information content (AvgIpc) is 2.51. The van der Waals surface area contributed by atoms with Gasteiger partial charge >= 0.3 is 0 Å². The van der Waals surface area contributed by atoms with E-state index in [0.717, 1.165) is 30.2 Å². The lowest BCUT2D eigenvalue weighted by Gasteiger charge is -2.38. The van der Waals surface area contributed by atoms with Crippen LogP contribution in [0.25, 0.3) is 0 Å². The van der Waals surface area contributed by atoms with Gasteiger partial charge in [0.15, 0.2) is 0 Å². The van der Waals surface area contributed by atoms with Gasteiger partial charge < -0.3 is 10.1 Å². The Labute approximate surface area is 141 Å². The minimum atomic E-state index is -0.0593. The third kappa shape index (κ3) is 5.40. The molecule has 0 heterocycles. The van der Waals surface area contributed by atoms with Crippen molar-refractivity contribution in [2.24, 2.45) is 0 Å². The van der Waals surface area contributed by atoms with Crippen molar-refractivity contribution in [3.63, 3.8) is 0 Å². The summed E-state index contributed by atoms with van der Waals surface area (Å²) >= 11 is 3.48. The van der Waals surface area contributed by atoms with E-state index >= 15 is 0 Å². The van der Waals surface area contributed by atoms with Crippen LogP contribution >= 0.6 is 15.9 Å². The summed E-state index contributed by atoms with van der Waals surface area (Å²) in [5, 5.41) is 3.35. The molecule has 22 heavy (non-hydrogen) atoms. The van der Waals surface area contributed by atoms with Crippen molar-refractivity contribution >= 4 is 21.8 Å². The van der Waals surface area contributed by atoms with Crippen LogP contribution in [0.2, 0.25) is 0 Å². The number of rotatable bonds is 7. The first kappa shape index (κ1) is 17.5. The molecule has 4 heteroatoms. The number of halogens is 1. The molecule has 0 spiro atoms. The second-order valence-electron chi connectivity index (χ2n) is 6.29. The van der Waals surface area contributed by atoms with Gasteiger partial charge in [-0.15, -0.1) is 0 Å². The van der Waals surface area contributed by atoms with E-state index in [4.69, 9.17) is 4.74 Å². The summed E-state index contributed by atoms with van der Waals surface area (Å²) in [4.78, 5) is 12.3. The van der Waals surface area contributed by atoms with Crippen LogP contribution in [0, 0.1) is 0 Å². The standard InChI is InChI=1S/C18H26BrNO2/c1-22-13-5-6-17(21)20-18(11-3-2-4-12-18)14-15-7-9-16(19)10-8-15/h7-10H,2-6,11-14H2,1H3,(H,20,21). The number of hydrogen-bond donors (Lipinski definition) is 1. The van der Waals surface area contributed by atoms with Gasteiger partial charge in [0, 0.05) is 30.1 Å². The molecular weight excluding hydrogens is 342 g/mol. The van der Waals surface area contributed by atoms with Crippen molar-refractivity contribution in [1.29, 1.82) is 0 Å². The molecule has 1 aromatic carbocycles.